The molecular weight excluding hydrogens is 733 g/mol. The Kier molecular flexibility index (Phi) is 8.87. The number of fused-ring (bicyclic) bond motifs is 4. The van der Waals surface area contributed by atoms with Crippen LogP contribution in [0.3, 0.4) is 0 Å². The van der Waals surface area contributed by atoms with Crippen LogP contribution in [0.1, 0.15) is 47.3 Å². The lowest BCUT2D eigenvalue weighted by atomic mass is 9.61. The first-order chi connectivity index (χ1) is 26.9. The van der Waals surface area contributed by atoms with Crippen LogP contribution in [0, 0.1) is 34.9 Å². The maximum absolute atomic E-state index is 16.9. The predicted molar refractivity (Wildman–Crippen MR) is 210 cm³/mol. The molecule has 55 heavy (non-hydrogen) atoms. The van der Waals surface area contributed by atoms with E-state index in [-0.39, 0.29) is 34.3 Å². The highest BCUT2D eigenvalue weighted by molar-refractivity contribution is 7.16. The van der Waals surface area contributed by atoms with Crippen LogP contribution in [0.25, 0.3) is 33.1 Å². The summed E-state index contributed by atoms with van der Waals surface area (Å²) in [5.41, 5.74) is 3.17. The number of hydrogen-bond donors (Lipinski definition) is 2. The van der Waals surface area contributed by atoms with Gasteiger partial charge in [-0.3, -0.25) is 4.79 Å². The van der Waals surface area contributed by atoms with Crippen LogP contribution < -0.4 is 5.32 Å². The van der Waals surface area contributed by atoms with Crippen LogP contribution >= 0.6 is 22.9 Å². The molecule has 12 heteroatoms. The Morgan fingerprint density at radius 2 is 1.47 bits per heavy atom. The fraction of sp³-hybridized carbons (Fsp3) is 0.209. The third-order valence-corrected chi connectivity index (χ3v) is 12.4. The van der Waals surface area contributed by atoms with E-state index in [2.05, 4.69) is 52.4 Å². The predicted octanol–water partition coefficient (Wildman–Crippen LogP) is 9.42. The van der Waals surface area contributed by atoms with Gasteiger partial charge >= 0.3 is 5.97 Å². The number of halogens is 2. The van der Waals surface area contributed by atoms with Crippen molar-refractivity contribution in [2.45, 2.75) is 37.3 Å². The zero-order chi connectivity index (χ0) is 37.7. The normalized spacial score (nSPS) is 19.3. The second kappa shape index (κ2) is 14.0. The van der Waals surface area contributed by atoms with Gasteiger partial charge in [0.15, 0.2) is 23.1 Å². The molecular formula is C43H33ClFN7O2S. The van der Waals surface area contributed by atoms with Crippen LogP contribution in [0.4, 0.5) is 10.2 Å². The smallest absolute Gasteiger partial charge is 0.308 e. The molecule has 2 N–H and O–H groups in total. The van der Waals surface area contributed by atoms with Gasteiger partial charge < -0.3 is 15.0 Å². The van der Waals surface area contributed by atoms with Gasteiger partial charge in [0.25, 0.3) is 0 Å². The molecule has 0 radical (unpaired) electrons. The summed E-state index contributed by atoms with van der Waals surface area (Å²) < 4.78 is 18.9. The van der Waals surface area contributed by atoms with Gasteiger partial charge in [-0.25, -0.2) is 24.3 Å². The highest BCUT2D eigenvalue weighted by atomic mass is 35.5. The second-order valence-electron chi connectivity index (χ2n) is 14.1. The number of benzene rings is 3. The van der Waals surface area contributed by atoms with Gasteiger partial charge in [0.1, 0.15) is 32.8 Å². The lowest BCUT2D eigenvalue weighted by molar-refractivity contribution is -0.148. The van der Waals surface area contributed by atoms with E-state index < -0.39 is 29.3 Å². The number of carboxylic acid groups (broad SMARTS) is 1. The molecule has 0 aliphatic heterocycles. The summed E-state index contributed by atoms with van der Waals surface area (Å²) in [5.74, 6) is -2.22. The van der Waals surface area contributed by atoms with Crippen molar-refractivity contribution in [2.24, 2.45) is 17.8 Å². The van der Waals surface area contributed by atoms with E-state index in [4.69, 9.17) is 31.5 Å². The van der Waals surface area contributed by atoms with Crippen LogP contribution in [-0.4, -0.2) is 41.6 Å². The molecule has 2 atom stereocenters. The SMILES string of the molecule is N#Cc1ccc(-c2nc(-c3cn(C(c4ccccc4)(c4ccccc4)c4ccccc4)c4ncc(Cl)nc34)nc(NC3C4CCC(CC4)C3C(=O)O)c2F)s1. The quantitative estimate of drug-likeness (QED) is 0.139. The zero-order valence-corrected chi connectivity index (χ0v) is 30.9. The molecule has 9 nitrogen and oxygen atoms in total. The van der Waals surface area contributed by atoms with Gasteiger partial charge in [-0.1, -0.05) is 103 Å². The molecule has 0 saturated heterocycles. The highest BCUT2D eigenvalue weighted by Crippen LogP contribution is 2.48. The number of nitrogens with one attached hydrogen (secondary N) is 1. The molecule has 3 saturated carbocycles. The third-order valence-electron chi connectivity index (χ3n) is 11.3. The summed E-state index contributed by atoms with van der Waals surface area (Å²) in [6, 6.07) is 35.2. The molecule has 272 valence electrons. The van der Waals surface area contributed by atoms with Gasteiger partial charge in [0, 0.05) is 12.2 Å². The van der Waals surface area contributed by atoms with E-state index in [1.807, 2.05) is 60.8 Å². The van der Waals surface area contributed by atoms with Gasteiger partial charge in [-0.05, 0) is 66.3 Å². The van der Waals surface area contributed by atoms with Gasteiger partial charge in [0.05, 0.1) is 22.6 Å². The highest BCUT2D eigenvalue weighted by Gasteiger charge is 2.48. The average Bonchev–Trinajstić information content (AvgIpc) is 3.86. The maximum atomic E-state index is 16.9. The second-order valence-corrected chi connectivity index (χ2v) is 15.6. The number of rotatable bonds is 9. The summed E-state index contributed by atoms with van der Waals surface area (Å²) in [5, 5.41) is 23.4. The fourth-order valence-corrected chi connectivity index (χ4v) is 9.79. The minimum absolute atomic E-state index is 0.00297. The van der Waals surface area contributed by atoms with Crippen LogP contribution in [0.5, 0.6) is 0 Å². The maximum Gasteiger partial charge on any atom is 0.308 e. The number of anilines is 1. The lowest BCUT2D eigenvalue weighted by Crippen LogP contribution is -2.51. The van der Waals surface area contributed by atoms with Crippen molar-refractivity contribution in [1.29, 1.82) is 5.26 Å². The van der Waals surface area contributed by atoms with Gasteiger partial charge in [-0.15, -0.1) is 11.3 Å². The van der Waals surface area contributed by atoms with Crippen LogP contribution in [-0.2, 0) is 10.3 Å². The fourth-order valence-electron chi connectivity index (χ4n) is 8.87. The Hall–Kier alpha value is -5.96. The zero-order valence-electron chi connectivity index (χ0n) is 29.3. The first-order valence-corrected chi connectivity index (χ1v) is 19.3. The monoisotopic (exact) mass is 765 g/mol. The molecule has 3 aliphatic carbocycles. The Morgan fingerprint density at radius 3 is 2.04 bits per heavy atom. The largest absolute Gasteiger partial charge is 0.481 e. The van der Waals surface area contributed by atoms with Crippen molar-refractivity contribution in [3.05, 3.63) is 148 Å². The summed E-state index contributed by atoms with van der Waals surface area (Å²) in [6.07, 6.45) is 6.78. The lowest BCUT2D eigenvalue weighted by Gasteiger charge is -2.47. The molecule has 3 aromatic carbocycles. The Bertz CT molecular complexity index is 2490. The number of aliphatic carboxylic acids is 1. The molecule has 0 spiro atoms. The standard InChI is InChI=1S/C43H33ClFN7O2S/c44-33-23-47-41-37(48-33)31(24-52(41)43(27-10-4-1-5-11-27,28-12-6-2-7-13-28)29-14-8-3-9-15-29)39-50-38(32-21-20-30(22-46)55-32)35(45)40(51-39)49-36-26-18-16-25(17-19-26)34(36)42(53)54/h1-15,20-21,23-26,34,36H,16-19H2,(H,53,54)(H,49,50,51). The van der Waals surface area contributed by atoms with E-state index >= 15 is 4.39 Å². The molecule has 4 heterocycles. The van der Waals surface area contributed by atoms with Crippen LogP contribution in [0.15, 0.2) is 116 Å². The molecule has 7 aromatic rings. The topological polar surface area (TPSA) is 130 Å². The van der Waals surface area contributed by atoms with Crippen molar-refractivity contribution < 1.29 is 14.3 Å². The molecule has 3 fully saturated rings. The van der Waals surface area contributed by atoms with E-state index in [9.17, 15) is 15.2 Å². The minimum atomic E-state index is -0.988. The third kappa shape index (κ3) is 5.84. The number of carboxylic acids is 1. The van der Waals surface area contributed by atoms with E-state index in [1.165, 1.54) is 6.20 Å². The van der Waals surface area contributed by atoms with Crippen molar-refractivity contribution in [2.75, 3.05) is 5.32 Å². The van der Waals surface area contributed by atoms with Crippen molar-refractivity contribution in [3.63, 3.8) is 0 Å². The van der Waals surface area contributed by atoms with Gasteiger partial charge in [0.2, 0.25) is 0 Å². The van der Waals surface area contributed by atoms with Gasteiger partial charge in [-0.2, -0.15) is 5.26 Å². The molecule has 2 bridgehead atoms. The number of hydrogen-bond acceptors (Lipinski definition) is 8. The van der Waals surface area contributed by atoms with Crippen LogP contribution in [0.2, 0.25) is 5.15 Å². The summed E-state index contributed by atoms with van der Waals surface area (Å²) in [7, 11) is 0. The van der Waals surface area contributed by atoms with E-state index in [1.54, 1.807) is 12.1 Å². The molecule has 2 unspecified atom stereocenters. The Labute approximate surface area is 325 Å². The first kappa shape index (κ1) is 34.8. The summed E-state index contributed by atoms with van der Waals surface area (Å²) in [6.45, 7) is 0. The Morgan fingerprint density at radius 1 is 0.873 bits per heavy atom. The van der Waals surface area contributed by atoms with E-state index in [0.717, 1.165) is 53.7 Å². The number of thiophene rings is 1. The van der Waals surface area contributed by atoms with Crippen molar-refractivity contribution in [1.82, 2.24) is 24.5 Å². The molecule has 10 rings (SSSR count). The number of nitrogens with zero attached hydrogens (tertiary/aromatic N) is 6. The number of carbonyl (C=O) groups is 1. The van der Waals surface area contributed by atoms with Crippen molar-refractivity contribution in [3.8, 4) is 28.0 Å². The summed E-state index contributed by atoms with van der Waals surface area (Å²) in [4.78, 5) is 32.8. The van der Waals surface area contributed by atoms with E-state index in [0.29, 0.717) is 26.5 Å². The number of nitriles is 1. The first-order valence-electron chi connectivity index (χ1n) is 18.1. The molecule has 0 amide bonds. The number of aromatic nitrogens is 5. The minimum Gasteiger partial charge on any atom is -0.481 e. The average molecular weight is 766 g/mol. The van der Waals surface area contributed by atoms with Crippen molar-refractivity contribution >= 4 is 45.9 Å². The summed E-state index contributed by atoms with van der Waals surface area (Å²) >= 11 is 7.70. The molecule has 3 aliphatic rings. The Balaban J connectivity index is 1.32. The molecule has 4 aromatic heterocycles.